The van der Waals surface area contributed by atoms with E-state index in [4.69, 9.17) is 37.9 Å². The van der Waals surface area contributed by atoms with Gasteiger partial charge in [0, 0.05) is 51.5 Å². The summed E-state index contributed by atoms with van der Waals surface area (Å²) in [7, 11) is -2.88. The number of rotatable bonds is 14. The zero-order valence-corrected chi connectivity index (χ0v) is 35.7. The van der Waals surface area contributed by atoms with Gasteiger partial charge >= 0.3 is 24.9 Å². The van der Waals surface area contributed by atoms with Crippen LogP contribution in [0, 0.1) is 0 Å². The predicted octanol–water partition coefficient (Wildman–Crippen LogP) is 5.07. The standard InChI is InChI=1S/C39H55N6O13P/c1-9-10-20-53-33(48)45-19-17-40-28(23-45)30(46)39(24-59(39,51)58-36(54-34(49)56-37(2,3)4)55-35(50)57-38(5,6)7)43-32(47)27-21-29(44-18-16-26(22-44)52-8)42-31(41-27)25-14-12-11-13-15-25/h11-15,21,26,28,36,40H,9-10,16-20,22-24H2,1-8H3,(H,43,47)/t26-,28?,39-,59?/m0/s1. The first-order valence-electron chi connectivity index (χ1n) is 19.6. The van der Waals surface area contributed by atoms with Crippen molar-refractivity contribution in [3.8, 4) is 11.4 Å². The van der Waals surface area contributed by atoms with Gasteiger partial charge in [0.25, 0.3) is 5.91 Å². The number of Topliss-reactive ketones (excluding diaryl/α,β-unsaturated/α-hetero) is 1. The molecule has 0 aliphatic carbocycles. The molecule has 2 amide bonds. The zero-order valence-electron chi connectivity index (χ0n) is 34.8. The molecular formula is C39H55N6O13P. The number of unbranched alkanes of at least 4 members (excludes halogenated alkanes) is 1. The molecule has 20 heteroatoms. The van der Waals surface area contributed by atoms with E-state index in [1.807, 2.05) is 17.9 Å². The molecule has 0 spiro atoms. The molecule has 324 valence electrons. The average Bonchev–Trinajstić information content (AvgIpc) is 3.46. The molecule has 1 aromatic heterocycles. The highest BCUT2D eigenvalue weighted by Crippen LogP contribution is 2.76. The summed E-state index contributed by atoms with van der Waals surface area (Å²) in [5.41, 5.74) is -1.67. The Kier molecular flexibility index (Phi) is 14.3. The molecule has 19 nitrogen and oxygen atoms in total. The summed E-state index contributed by atoms with van der Waals surface area (Å²) in [6, 6.07) is 9.25. The fourth-order valence-electron chi connectivity index (χ4n) is 6.32. The van der Waals surface area contributed by atoms with Gasteiger partial charge in [0.1, 0.15) is 22.7 Å². The van der Waals surface area contributed by atoms with Crippen molar-refractivity contribution in [2.45, 2.75) is 103 Å². The molecule has 5 rings (SSSR count). The number of carbonyl (C=O) groups is 5. The Morgan fingerprint density at radius 1 is 0.966 bits per heavy atom. The van der Waals surface area contributed by atoms with E-state index in [0.717, 1.165) is 12.8 Å². The number of amides is 2. The fourth-order valence-corrected chi connectivity index (χ4v) is 8.82. The highest BCUT2D eigenvalue weighted by atomic mass is 31.2. The summed E-state index contributed by atoms with van der Waals surface area (Å²) in [5, 5.41) is 3.39. The number of nitrogens with one attached hydrogen (secondary N) is 2. The third kappa shape index (κ3) is 11.9. The van der Waals surface area contributed by atoms with Gasteiger partial charge in [0.15, 0.2) is 16.9 Å². The van der Waals surface area contributed by atoms with Crippen molar-refractivity contribution in [3.63, 3.8) is 0 Å². The summed E-state index contributed by atoms with van der Waals surface area (Å²) in [5.74, 6) is -1.09. The Hall–Kier alpha value is -4.84. The number of ether oxygens (including phenoxy) is 6. The third-order valence-electron chi connectivity index (χ3n) is 9.32. The Bertz CT molecular complexity index is 1880. The maximum Gasteiger partial charge on any atom is 0.513 e. The lowest BCUT2D eigenvalue weighted by Crippen LogP contribution is -2.61. The molecule has 2 unspecified atom stereocenters. The molecule has 2 aromatic rings. The van der Waals surface area contributed by atoms with Crippen molar-refractivity contribution in [1.82, 2.24) is 25.5 Å². The van der Waals surface area contributed by atoms with Gasteiger partial charge in [-0.05, 0) is 54.4 Å². The summed E-state index contributed by atoms with van der Waals surface area (Å²) in [4.78, 5) is 80.2. The molecule has 0 saturated carbocycles. The number of hydrogen-bond donors (Lipinski definition) is 2. The largest absolute Gasteiger partial charge is 0.513 e. The highest BCUT2D eigenvalue weighted by molar-refractivity contribution is 7.70. The Morgan fingerprint density at radius 3 is 2.22 bits per heavy atom. The van der Waals surface area contributed by atoms with Crippen LogP contribution in [0.4, 0.5) is 20.2 Å². The molecule has 4 heterocycles. The van der Waals surface area contributed by atoms with Crippen molar-refractivity contribution in [1.29, 1.82) is 0 Å². The first-order chi connectivity index (χ1) is 27.7. The van der Waals surface area contributed by atoms with Crippen molar-refractivity contribution in [2.75, 3.05) is 57.5 Å². The van der Waals surface area contributed by atoms with Crippen molar-refractivity contribution < 1.29 is 61.5 Å². The average molecular weight is 847 g/mol. The molecule has 0 bridgehead atoms. The van der Waals surface area contributed by atoms with Gasteiger partial charge in [0.2, 0.25) is 7.37 Å². The van der Waals surface area contributed by atoms with Gasteiger partial charge in [-0.25, -0.2) is 28.9 Å². The van der Waals surface area contributed by atoms with E-state index in [1.165, 1.54) is 11.0 Å². The van der Waals surface area contributed by atoms with Crippen LogP contribution in [-0.4, -0.2) is 133 Å². The van der Waals surface area contributed by atoms with E-state index in [0.29, 0.717) is 30.9 Å². The highest BCUT2D eigenvalue weighted by Gasteiger charge is 2.75. The normalized spacial score (nSPS) is 23.0. The van der Waals surface area contributed by atoms with E-state index in [9.17, 15) is 28.5 Å². The number of methoxy groups -OCH3 is 1. The number of ketones is 1. The molecule has 3 aliphatic rings. The molecule has 3 aliphatic heterocycles. The van der Waals surface area contributed by atoms with Crippen LogP contribution in [0.25, 0.3) is 11.4 Å². The van der Waals surface area contributed by atoms with Crippen LogP contribution in [0.1, 0.15) is 78.2 Å². The Labute approximate surface area is 343 Å². The van der Waals surface area contributed by atoms with Gasteiger partial charge in [-0.3, -0.25) is 14.2 Å². The lowest BCUT2D eigenvalue weighted by molar-refractivity contribution is -0.210. The molecule has 3 saturated heterocycles. The quantitative estimate of drug-likeness (QED) is 0.0833. The topological polar surface area (TPSA) is 223 Å². The van der Waals surface area contributed by atoms with Gasteiger partial charge in [-0.1, -0.05) is 43.7 Å². The van der Waals surface area contributed by atoms with Crippen LogP contribution >= 0.6 is 7.37 Å². The summed E-state index contributed by atoms with van der Waals surface area (Å²) >= 11 is 0. The number of anilines is 1. The SMILES string of the molecule is CCCCOC(=O)N1CCNC(C(=O)[C@]2(NC(=O)c3cc(N4CC[C@H](OC)C4)nc(-c4ccccc4)n3)CP2(=O)OC(OC(=O)OC(C)(C)C)OC(=O)OC(C)(C)C)C1. The van der Waals surface area contributed by atoms with E-state index < -0.39 is 72.6 Å². The molecular weight excluding hydrogens is 791 g/mol. The molecule has 0 radical (unpaired) electrons. The second-order valence-corrected chi connectivity index (χ2v) is 19.0. The minimum Gasteiger partial charge on any atom is -0.449 e. The first kappa shape index (κ1) is 45.2. The van der Waals surface area contributed by atoms with Gasteiger partial charge in [-0.2, -0.15) is 0 Å². The Morgan fingerprint density at radius 2 is 1.63 bits per heavy atom. The second kappa shape index (κ2) is 18.6. The molecule has 4 atom stereocenters. The van der Waals surface area contributed by atoms with Crippen LogP contribution in [0.3, 0.4) is 0 Å². The van der Waals surface area contributed by atoms with E-state index >= 15 is 0 Å². The van der Waals surface area contributed by atoms with Crippen LogP contribution in [-0.2, 0) is 42.3 Å². The van der Waals surface area contributed by atoms with E-state index in [-0.39, 0.29) is 43.9 Å². The lowest BCUT2D eigenvalue weighted by Gasteiger charge is -2.34. The third-order valence-corrected chi connectivity index (χ3v) is 12.0. The van der Waals surface area contributed by atoms with Crippen LogP contribution in [0.5, 0.6) is 0 Å². The second-order valence-electron chi connectivity index (χ2n) is 16.4. The number of nitrogens with zero attached hydrogens (tertiary/aromatic N) is 4. The van der Waals surface area contributed by atoms with Gasteiger partial charge in [0.05, 0.1) is 24.9 Å². The molecule has 1 aromatic carbocycles. The maximum absolute atomic E-state index is 14.9. The predicted molar refractivity (Wildman–Crippen MR) is 212 cm³/mol. The summed E-state index contributed by atoms with van der Waals surface area (Å²) < 4.78 is 52.3. The molecule has 59 heavy (non-hydrogen) atoms. The van der Waals surface area contributed by atoms with E-state index in [1.54, 1.807) is 72.9 Å². The molecule has 2 N–H and O–H groups in total. The van der Waals surface area contributed by atoms with Gasteiger partial charge in [-0.15, -0.1) is 0 Å². The van der Waals surface area contributed by atoms with Crippen molar-refractivity contribution >= 4 is 43.3 Å². The van der Waals surface area contributed by atoms with Crippen molar-refractivity contribution in [3.05, 3.63) is 42.1 Å². The number of benzene rings is 1. The van der Waals surface area contributed by atoms with Crippen molar-refractivity contribution in [2.24, 2.45) is 0 Å². The maximum atomic E-state index is 14.9. The number of hydrogen-bond acceptors (Lipinski definition) is 17. The van der Waals surface area contributed by atoms with Gasteiger partial charge < -0.3 is 48.9 Å². The number of aromatic nitrogens is 2. The smallest absolute Gasteiger partial charge is 0.449 e. The van der Waals surface area contributed by atoms with Crippen LogP contribution in [0.15, 0.2) is 36.4 Å². The zero-order chi connectivity index (χ0) is 43.2. The summed E-state index contributed by atoms with van der Waals surface area (Å²) in [6.45, 7) is 10.4. The molecule has 3 fully saturated rings. The fraction of sp³-hybridized carbons (Fsp3) is 0.615. The minimum atomic E-state index is -4.50. The Balaban J connectivity index is 1.50. The lowest BCUT2D eigenvalue weighted by atomic mass is 10.0. The first-order valence-corrected chi connectivity index (χ1v) is 21.4. The van der Waals surface area contributed by atoms with Crippen LogP contribution < -0.4 is 15.5 Å². The summed E-state index contributed by atoms with van der Waals surface area (Å²) in [6.07, 6.45) is -1.86. The monoisotopic (exact) mass is 846 g/mol. The van der Waals surface area contributed by atoms with E-state index in [2.05, 4.69) is 15.6 Å². The number of carbonyl (C=O) groups excluding carboxylic acids is 5. The minimum absolute atomic E-state index is 0.0666. The van der Waals surface area contributed by atoms with Crippen LogP contribution in [0.2, 0.25) is 0 Å². The number of piperazine rings is 1.